The predicted octanol–water partition coefficient (Wildman–Crippen LogP) is 3.56. The van der Waals surface area contributed by atoms with Gasteiger partial charge >= 0.3 is 0 Å². The van der Waals surface area contributed by atoms with Gasteiger partial charge in [0, 0.05) is 32.2 Å². The largest absolute Gasteiger partial charge is 0.454 e. The van der Waals surface area contributed by atoms with E-state index in [1.807, 2.05) is 6.07 Å². The Morgan fingerprint density at radius 1 is 0.963 bits per heavy atom. The van der Waals surface area contributed by atoms with Crippen LogP contribution in [0.4, 0.5) is 0 Å². The Morgan fingerprint density at radius 3 is 2.52 bits per heavy atom. The summed E-state index contributed by atoms with van der Waals surface area (Å²) in [4.78, 5) is 18.5. The maximum Gasteiger partial charge on any atom is 0.233 e. The van der Waals surface area contributed by atoms with Gasteiger partial charge in [0.15, 0.2) is 11.5 Å². The van der Waals surface area contributed by atoms with Gasteiger partial charge in [0.05, 0.1) is 5.41 Å². The minimum Gasteiger partial charge on any atom is -0.454 e. The Morgan fingerprint density at radius 2 is 1.74 bits per heavy atom. The second-order valence-corrected chi connectivity index (χ2v) is 8.49. The van der Waals surface area contributed by atoms with Crippen molar-refractivity contribution >= 4 is 5.91 Å². The third-order valence-corrected chi connectivity index (χ3v) is 6.59. The van der Waals surface area contributed by atoms with Crippen LogP contribution < -0.4 is 9.47 Å². The zero-order valence-corrected chi connectivity index (χ0v) is 16.7. The highest BCUT2D eigenvalue weighted by atomic mass is 16.7. The monoisotopic (exact) mass is 372 g/mol. The van der Waals surface area contributed by atoms with Gasteiger partial charge in [-0.3, -0.25) is 9.69 Å². The molecular weight excluding hydrogens is 340 g/mol. The molecule has 2 fully saturated rings. The lowest BCUT2D eigenvalue weighted by Gasteiger charge is -2.40. The van der Waals surface area contributed by atoms with Crippen LogP contribution in [0, 0.1) is 0 Å². The minimum atomic E-state index is -0.397. The van der Waals surface area contributed by atoms with Crippen LogP contribution in [0.5, 0.6) is 11.5 Å². The van der Waals surface area contributed by atoms with Crippen molar-refractivity contribution in [2.45, 2.75) is 63.8 Å². The van der Waals surface area contributed by atoms with Crippen molar-refractivity contribution < 1.29 is 14.3 Å². The van der Waals surface area contributed by atoms with Crippen LogP contribution in [-0.2, 0) is 10.2 Å². The van der Waals surface area contributed by atoms with Gasteiger partial charge in [-0.25, -0.2) is 0 Å². The molecule has 0 radical (unpaired) electrons. The second kappa shape index (κ2) is 7.70. The average Bonchev–Trinajstić information content (AvgIpc) is 3.02. The molecule has 2 heterocycles. The van der Waals surface area contributed by atoms with Gasteiger partial charge in [-0.2, -0.15) is 0 Å². The van der Waals surface area contributed by atoms with E-state index in [1.165, 1.54) is 6.42 Å². The molecule has 4 rings (SSSR count). The number of nitrogens with zero attached hydrogens (tertiary/aromatic N) is 2. The van der Waals surface area contributed by atoms with E-state index >= 15 is 0 Å². The zero-order valence-electron chi connectivity index (χ0n) is 16.7. The summed E-state index contributed by atoms with van der Waals surface area (Å²) in [5, 5.41) is 0. The van der Waals surface area contributed by atoms with E-state index in [-0.39, 0.29) is 6.79 Å². The highest BCUT2D eigenvalue weighted by molar-refractivity contribution is 5.88. The summed E-state index contributed by atoms with van der Waals surface area (Å²) in [6, 6.07) is 6.67. The average molecular weight is 373 g/mol. The molecule has 0 bridgehead atoms. The lowest BCUT2D eigenvalue weighted by atomic mass is 9.68. The molecule has 0 atom stereocenters. The number of fused-ring (bicyclic) bond motifs is 1. The number of hydrogen-bond acceptors (Lipinski definition) is 4. The fraction of sp³-hybridized carbons (Fsp3) is 0.682. The Balaban J connectivity index is 1.61. The SMILES string of the molecule is CC(C)N1CCCN(C(=O)C2(c3ccc4c(c3)OCO4)CCCCC2)CC1. The van der Waals surface area contributed by atoms with Gasteiger partial charge in [-0.15, -0.1) is 0 Å². The molecule has 1 aliphatic carbocycles. The van der Waals surface area contributed by atoms with Gasteiger partial charge in [-0.05, 0) is 50.8 Å². The molecule has 148 valence electrons. The highest BCUT2D eigenvalue weighted by Gasteiger charge is 2.44. The number of carbonyl (C=O) groups is 1. The van der Waals surface area contributed by atoms with Crippen molar-refractivity contribution in [3.8, 4) is 11.5 Å². The summed E-state index contributed by atoms with van der Waals surface area (Å²) in [6.07, 6.45) is 6.39. The first kappa shape index (κ1) is 18.6. The van der Waals surface area contributed by atoms with Crippen molar-refractivity contribution in [3.05, 3.63) is 23.8 Å². The first-order chi connectivity index (χ1) is 13.1. The Kier molecular flexibility index (Phi) is 5.31. The Labute approximate surface area is 162 Å². The molecule has 1 saturated carbocycles. The smallest absolute Gasteiger partial charge is 0.233 e. The fourth-order valence-electron chi connectivity index (χ4n) is 4.94. The number of hydrogen-bond donors (Lipinski definition) is 0. The molecular formula is C22H32N2O3. The molecule has 2 aliphatic heterocycles. The van der Waals surface area contributed by atoms with Gasteiger partial charge in [0.1, 0.15) is 0 Å². The van der Waals surface area contributed by atoms with Gasteiger partial charge in [-0.1, -0.05) is 25.3 Å². The topological polar surface area (TPSA) is 42.0 Å². The van der Waals surface area contributed by atoms with Crippen molar-refractivity contribution in [3.63, 3.8) is 0 Å². The van der Waals surface area contributed by atoms with E-state index in [1.54, 1.807) is 0 Å². The van der Waals surface area contributed by atoms with E-state index in [9.17, 15) is 4.79 Å². The van der Waals surface area contributed by atoms with Crippen LogP contribution in [0.25, 0.3) is 0 Å². The summed E-state index contributed by atoms with van der Waals surface area (Å²) in [7, 11) is 0. The molecule has 1 amide bonds. The van der Waals surface area contributed by atoms with E-state index < -0.39 is 5.41 Å². The standard InChI is InChI=1S/C22H32N2O3/c1-17(2)23-11-6-12-24(14-13-23)21(25)22(9-4-3-5-10-22)18-7-8-19-20(15-18)27-16-26-19/h7-8,15,17H,3-6,9-14,16H2,1-2H3. The molecule has 0 aromatic heterocycles. The third kappa shape index (κ3) is 3.54. The molecule has 0 unspecified atom stereocenters. The molecule has 1 aromatic carbocycles. The lowest BCUT2D eigenvalue weighted by molar-refractivity contribution is -0.138. The first-order valence-electron chi connectivity index (χ1n) is 10.5. The first-order valence-corrected chi connectivity index (χ1v) is 10.5. The maximum absolute atomic E-state index is 13.8. The van der Waals surface area contributed by atoms with Crippen molar-refractivity contribution in [1.82, 2.24) is 9.80 Å². The van der Waals surface area contributed by atoms with Crippen LogP contribution in [0.2, 0.25) is 0 Å². The molecule has 27 heavy (non-hydrogen) atoms. The number of ether oxygens (including phenoxy) is 2. The zero-order chi connectivity index (χ0) is 18.9. The van der Waals surface area contributed by atoms with Crippen molar-refractivity contribution in [1.29, 1.82) is 0 Å². The van der Waals surface area contributed by atoms with E-state index in [2.05, 4.69) is 35.8 Å². The van der Waals surface area contributed by atoms with Gasteiger partial charge < -0.3 is 14.4 Å². The van der Waals surface area contributed by atoms with Crippen molar-refractivity contribution in [2.24, 2.45) is 0 Å². The van der Waals surface area contributed by atoms with Crippen LogP contribution in [0.1, 0.15) is 57.9 Å². The van der Waals surface area contributed by atoms with Crippen LogP contribution >= 0.6 is 0 Å². The van der Waals surface area contributed by atoms with E-state index in [0.717, 1.165) is 75.3 Å². The molecule has 1 aromatic rings. The molecule has 3 aliphatic rings. The summed E-state index contributed by atoms with van der Waals surface area (Å²) in [6.45, 7) is 8.52. The summed E-state index contributed by atoms with van der Waals surface area (Å²) in [5.41, 5.74) is 0.716. The number of benzene rings is 1. The summed E-state index contributed by atoms with van der Waals surface area (Å²) >= 11 is 0. The normalized spacial score (nSPS) is 22.7. The highest BCUT2D eigenvalue weighted by Crippen LogP contribution is 2.44. The predicted molar refractivity (Wildman–Crippen MR) is 105 cm³/mol. The maximum atomic E-state index is 13.8. The molecule has 0 N–H and O–H groups in total. The van der Waals surface area contributed by atoms with Gasteiger partial charge in [0.25, 0.3) is 0 Å². The van der Waals surface area contributed by atoms with Crippen molar-refractivity contribution in [2.75, 3.05) is 33.0 Å². The fourth-order valence-corrected chi connectivity index (χ4v) is 4.94. The minimum absolute atomic E-state index is 0.275. The summed E-state index contributed by atoms with van der Waals surface area (Å²) in [5.74, 6) is 1.90. The number of rotatable bonds is 3. The Hall–Kier alpha value is -1.75. The Bertz CT molecular complexity index is 682. The van der Waals surface area contributed by atoms with Gasteiger partial charge in [0.2, 0.25) is 12.7 Å². The molecule has 5 heteroatoms. The summed E-state index contributed by atoms with van der Waals surface area (Å²) < 4.78 is 11.1. The second-order valence-electron chi connectivity index (χ2n) is 8.49. The quantitative estimate of drug-likeness (QED) is 0.814. The van der Waals surface area contributed by atoms with E-state index in [4.69, 9.17) is 9.47 Å². The molecule has 5 nitrogen and oxygen atoms in total. The number of carbonyl (C=O) groups excluding carboxylic acids is 1. The third-order valence-electron chi connectivity index (χ3n) is 6.59. The number of amides is 1. The van der Waals surface area contributed by atoms with Crippen LogP contribution in [0.15, 0.2) is 18.2 Å². The van der Waals surface area contributed by atoms with E-state index in [0.29, 0.717) is 11.9 Å². The van der Waals surface area contributed by atoms with Crippen LogP contribution in [0.3, 0.4) is 0 Å². The molecule has 0 spiro atoms. The molecule has 1 saturated heterocycles. The lowest BCUT2D eigenvalue weighted by Crippen LogP contribution is -2.49. The van der Waals surface area contributed by atoms with Crippen LogP contribution in [-0.4, -0.2) is 54.7 Å².